The predicted octanol–water partition coefficient (Wildman–Crippen LogP) is 5.49. The van der Waals surface area contributed by atoms with Crippen molar-refractivity contribution in [2.24, 2.45) is 11.3 Å². The Balaban J connectivity index is 1.94. The first-order valence-corrected chi connectivity index (χ1v) is 7.66. The SMILES string of the molecule is CC(C)(C)C1CCCC1c1ccccc1C1CC1. The lowest BCUT2D eigenvalue weighted by Gasteiger charge is -2.33. The van der Waals surface area contributed by atoms with Gasteiger partial charge < -0.3 is 0 Å². The minimum atomic E-state index is 0.456. The highest BCUT2D eigenvalue weighted by Gasteiger charge is 2.38. The zero-order valence-corrected chi connectivity index (χ0v) is 12.1. The molecule has 2 atom stereocenters. The highest BCUT2D eigenvalue weighted by Crippen LogP contribution is 2.52. The van der Waals surface area contributed by atoms with Crippen molar-refractivity contribution in [1.29, 1.82) is 0 Å². The minimum absolute atomic E-state index is 0.456. The van der Waals surface area contributed by atoms with Gasteiger partial charge in [-0.3, -0.25) is 0 Å². The van der Waals surface area contributed by atoms with E-state index < -0.39 is 0 Å². The summed E-state index contributed by atoms with van der Waals surface area (Å²) >= 11 is 0. The molecule has 98 valence electrons. The van der Waals surface area contributed by atoms with Gasteiger partial charge in [-0.1, -0.05) is 51.5 Å². The third-order valence-corrected chi connectivity index (χ3v) is 5.04. The summed E-state index contributed by atoms with van der Waals surface area (Å²) in [6, 6.07) is 9.30. The van der Waals surface area contributed by atoms with Crippen LogP contribution < -0.4 is 0 Å². The van der Waals surface area contributed by atoms with Crippen LogP contribution in [-0.4, -0.2) is 0 Å². The van der Waals surface area contributed by atoms with Crippen molar-refractivity contribution in [1.82, 2.24) is 0 Å². The Bertz CT molecular complexity index is 420. The third-order valence-electron chi connectivity index (χ3n) is 5.04. The smallest absolute Gasteiger partial charge is 0.0126 e. The first-order chi connectivity index (χ1) is 8.57. The van der Waals surface area contributed by atoms with Gasteiger partial charge in [-0.05, 0) is 60.0 Å². The van der Waals surface area contributed by atoms with Gasteiger partial charge in [-0.2, -0.15) is 0 Å². The highest BCUT2D eigenvalue weighted by molar-refractivity contribution is 5.37. The predicted molar refractivity (Wildman–Crippen MR) is 78.0 cm³/mol. The van der Waals surface area contributed by atoms with Gasteiger partial charge in [-0.15, -0.1) is 0 Å². The van der Waals surface area contributed by atoms with Gasteiger partial charge in [0.15, 0.2) is 0 Å². The molecule has 1 aromatic carbocycles. The summed E-state index contributed by atoms with van der Waals surface area (Å²) < 4.78 is 0. The van der Waals surface area contributed by atoms with Crippen LogP contribution >= 0.6 is 0 Å². The van der Waals surface area contributed by atoms with E-state index in [4.69, 9.17) is 0 Å². The zero-order valence-electron chi connectivity index (χ0n) is 12.1. The second-order valence-corrected chi connectivity index (χ2v) is 7.41. The molecule has 0 radical (unpaired) electrons. The molecule has 0 nitrogen and oxygen atoms in total. The molecule has 2 unspecified atom stereocenters. The molecule has 0 spiro atoms. The maximum Gasteiger partial charge on any atom is -0.0126 e. The third kappa shape index (κ3) is 2.22. The van der Waals surface area contributed by atoms with E-state index in [1.54, 1.807) is 11.1 Å². The summed E-state index contributed by atoms with van der Waals surface area (Å²) in [6.07, 6.45) is 7.10. The van der Waals surface area contributed by atoms with E-state index in [2.05, 4.69) is 45.0 Å². The largest absolute Gasteiger partial charge is 0.0620 e. The van der Waals surface area contributed by atoms with E-state index in [1.807, 2.05) is 0 Å². The summed E-state index contributed by atoms with van der Waals surface area (Å²) in [5, 5.41) is 0. The van der Waals surface area contributed by atoms with Crippen molar-refractivity contribution in [2.45, 2.75) is 64.7 Å². The van der Waals surface area contributed by atoms with Gasteiger partial charge in [0.25, 0.3) is 0 Å². The monoisotopic (exact) mass is 242 g/mol. The normalized spacial score (nSPS) is 28.6. The van der Waals surface area contributed by atoms with Crippen molar-refractivity contribution < 1.29 is 0 Å². The molecule has 1 aromatic rings. The second kappa shape index (κ2) is 4.40. The molecule has 2 aliphatic rings. The molecule has 0 heteroatoms. The molecule has 2 saturated carbocycles. The molecule has 2 fully saturated rings. The molecular formula is C18H26. The number of rotatable bonds is 2. The summed E-state index contributed by atoms with van der Waals surface area (Å²) in [6.45, 7) is 7.28. The first-order valence-electron chi connectivity index (χ1n) is 7.66. The lowest BCUT2D eigenvalue weighted by atomic mass is 9.71. The quantitative estimate of drug-likeness (QED) is 0.643. The van der Waals surface area contributed by atoms with Crippen LogP contribution in [-0.2, 0) is 0 Å². The molecule has 0 saturated heterocycles. The van der Waals surface area contributed by atoms with Crippen LogP contribution in [0.1, 0.15) is 75.8 Å². The van der Waals surface area contributed by atoms with Crippen molar-refractivity contribution in [3.63, 3.8) is 0 Å². The van der Waals surface area contributed by atoms with Crippen LogP contribution in [0.5, 0.6) is 0 Å². The average molecular weight is 242 g/mol. The van der Waals surface area contributed by atoms with E-state index in [0.717, 1.165) is 17.8 Å². The highest BCUT2D eigenvalue weighted by atomic mass is 14.4. The van der Waals surface area contributed by atoms with Crippen LogP contribution in [0.25, 0.3) is 0 Å². The van der Waals surface area contributed by atoms with Gasteiger partial charge in [0.1, 0.15) is 0 Å². The maximum atomic E-state index is 2.43. The van der Waals surface area contributed by atoms with Gasteiger partial charge in [0.05, 0.1) is 0 Å². The Kier molecular flexibility index (Phi) is 3.00. The van der Waals surface area contributed by atoms with E-state index in [9.17, 15) is 0 Å². The molecule has 3 rings (SSSR count). The van der Waals surface area contributed by atoms with Crippen LogP contribution in [0.2, 0.25) is 0 Å². The summed E-state index contributed by atoms with van der Waals surface area (Å²) in [4.78, 5) is 0. The van der Waals surface area contributed by atoms with E-state index >= 15 is 0 Å². The van der Waals surface area contributed by atoms with Crippen molar-refractivity contribution in [3.05, 3.63) is 35.4 Å². The molecule has 0 bridgehead atoms. The molecule has 0 aromatic heterocycles. The molecule has 0 amide bonds. The van der Waals surface area contributed by atoms with Crippen molar-refractivity contribution in [2.75, 3.05) is 0 Å². The first kappa shape index (κ1) is 12.3. The molecule has 0 N–H and O–H groups in total. The standard InChI is InChI=1S/C18H26/c1-18(2,3)17-10-6-9-16(17)15-8-5-4-7-14(15)13-11-12-13/h4-5,7-8,13,16-17H,6,9-12H2,1-3H3. The number of benzene rings is 1. The summed E-state index contributed by atoms with van der Waals surface area (Å²) in [7, 11) is 0. The zero-order chi connectivity index (χ0) is 12.8. The Hall–Kier alpha value is -0.780. The van der Waals surface area contributed by atoms with Gasteiger partial charge >= 0.3 is 0 Å². The van der Waals surface area contributed by atoms with Gasteiger partial charge in [-0.25, -0.2) is 0 Å². The summed E-state index contributed by atoms with van der Waals surface area (Å²) in [5.41, 5.74) is 3.83. The summed E-state index contributed by atoms with van der Waals surface area (Å²) in [5.74, 6) is 2.58. The maximum absolute atomic E-state index is 2.43. The van der Waals surface area contributed by atoms with Gasteiger partial charge in [0.2, 0.25) is 0 Å². The van der Waals surface area contributed by atoms with Crippen LogP contribution in [0.4, 0.5) is 0 Å². The van der Waals surface area contributed by atoms with E-state index in [0.29, 0.717) is 5.41 Å². The van der Waals surface area contributed by atoms with Crippen LogP contribution in [0.15, 0.2) is 24.3 Å². The van der Waals surface area contributed by atoms with Crippen molar-refractivity contribution >= 4 is 0 Å². The average Bonchev–Trinajstić information content (AvgIpc) is 3.04. The Labute approximate surface area is 112 Å². The Morgan fingerprint density at radius 2 is 1.56 bits per heavy atom. The van der Waals surface area contributed by atoms with E-state index in [1.165, 1.54) is 32.1 Å². The number of hydrogen-bond donors (Lipinski definition) is 0. The van der Waals surface area contributed by atoms with Gasteiger partial charge in [0, 0.05) is 0 Å². The van der Waals surface area contributed by atoms with Crippen LogP contribution in [0.3, 0.4) is 0 Å². The molecule has 18 heavy (non-hydrogen) atoms. The van der Waals surface area contributed by atoms with E-state index in [-0.39, 0.29) is 0 Å². The van der Waals surface area contributed by atoms with Crippen molar-refractivity contribution in [3.8, 4) is 0 Å². The molecule has 2 aliphatic carbocycles. The fourth-order valence-corrected chi connectivity index (χ4v) is 3.98. The molecular weight excluding hydrogens is 216 g/mol. The fourth-order valence-electron chi connectivity index (χ4n) is 3.98. The minimum Gasteiger partial charge on any atom is -0.0620 e. The Morgan fingerprint density at radius 1 is 0.889 bits per heavy atom. The molecule has 0 heterocycles. The lowest BCUT2D eigenvalue weighted by molar-refractivity contribution is 0.223. The van der Waals surface area contributed by atoms with Crippen LogP contribution in [0, 0.1) is 11.3 Å². The fraction of sp³-hybridized carbons (Fsp3) is 0.667. The lowest BCUT2D eigenvalue weighted by Crippen LogP contribution is -2.23. The Morgan fingerprint density at radius 3 is 2.17 bits per heavy atom. The second-order valence-electron chi connectivity index (χ2n) is 7.41. The number of hydrogen-bond acceptors (Lipinski definition) is 0. The molecule has 0 aliphatic heterocycles. The topological polar surface area (TPSA) is 0 Å².